The molecule has 0 saturated heterocycles. The number of thioether (sulfide) groups is 1. The summed E-state index contributed by atoms with van der Waals surface area (Å²) in [4.78, 5) is 0. The number of nitrogens with one attached hydrogen (secondary N) is 1. The summed E-state index contributed by atoms with van der Waals surface area (Å²) in [5, 5.41) is 3.74. The summed E-state index contributed by atoms with van der Waals surface area (Å²) in [6.07, 6.45) is 2.21. The van der Waals surface area contributed by atoms with E-state index in [0.29, 0.717) is 12.1 Å². The molecule has 0 aliphatic heterocycles. The Morgan fingerprint density at radius 3 is 2.39 bits per heavy atom. The lowest BCUT2D eigenvalue weighted by molar-refractivity contribution is 0.453. The van der Waals surface area contributed by atoms with Crippen molar-refractivity contribution in [1.82, 2.24) is 5.32 Å². The maximum Gasteiger partial charge on any atom is 0.0511 e. The molecule has 0 bridgehead atoms. The Labute approximate surface area is 116 Å². The van der Waals surface area contributed by atoms with Crippen molar-refractivity contribution >= 4 is 11.8 Å². The normalized spacial score (nSPS) is 14.7. The van der Waals surface area contributed by atoms with Gasteiger partial charge in [0.2, 0.25) is 0 Å². The van der Waals surface area contributed by atoms with Gasteiger partial charge in [0.25, 0.3) is 0 Å². The number of hydrogen-bond acceptors (Lipinski definition) is 3. The van der Waals surface area contributed by atoms with Crippen molar-refractivity contribution in [2.75, 3.05) is 0 Å². The van der Waals surface area contributed by atoms with Gasteiger partial charge in [0, 0.05) is 17.8 Å². The molecule has 3 heteroatoms. The van der Waals surface area contributed by atoms with E-state index in [1.54, 1.807) is 0 Å². The van der Waals surface area contributed by atoms with Crippen molar-refractivity contribution in [1.29, 1.82) is 0 Å². The zero-order valence-corrected chi connectivity index (χ0v) is 12.5. The van der Waals surface area contributed by atoms with Gasteiger partial charge >= 0.3 is 0 Å². The molecule has 102 valence electrons. The molecule has 0 heterocycles. The van der Waals surface area contributed by atoms with Gasteiger partial charge < -0.3 is 11.1 Å². The lowest BCUT2D eigenvalue weighted by atomic mass is 10.1. The van der Waals surface area contributed by atoms with Gasteiger partial charge in [0.1, 0.15) is 0 Å². The van der Waals surface area contributed by atoms with Crippen molar-refractivity contribution in [3.63, 3.8) is 0 Å². The van der Waals surface area contributed by atoms with Crippen molar-refractivity contribution in [3.05, 3.63) is 35.9 Å². The van der Waals surface area contributed by atoms with Crippen LogP contribution in [0.4, 0.5) is 0 Å². The number of benzene rings is 1. The summed E-state index contributed by atoms with van der Waals surface area (Å²) < 4.78 is 0. The molecular formula is C15H26N2S. The largest absolute Gasteiger partial charge is 0.319 e. The van der Waals surface area contributed by atoms with Crippen molar-refractivity contribution in [2.45, 2.75) is 56.8 Å². The highest BCUT2D eigenvalue weighted by Gasteiger charge is 2.08. The van der Waals surface area contributed by atoms with Crippen molar-refractivity contribution in [2.24, 2.45) is 5.73 Å². The summed E-state index contributed by atoms with van der Waals surface area (Å²) in [6.45, 7) is 6.59. The Hall–Kier alpha value is -0.510. The molecule has 0 radical (unpaired) electrons. The second kappa shape index (κ2) is 8.57. The second-order valence-electron chi connectivity index (χ2n) is 5.13. The predicted molar refractivity (Wildman–Crippen MR) is 82.7 cm³/mol. The van der Waals surface area contributed by atoms with Gasteiger partial charge in [-0.3, -0.25) is 0 Å². The molecular weight excluding hydrogens is 240 g/mol. The summed E-state index contributed by atoms with van der Waals surface area (Å²) >= 11 is 1.84. The van der Waals surface area contributed by atoms with Crippen LogP contribution in [0.25, 0.3) is 0 Å². The molecule has 0 fully saturated rings. The van der Waals surface area contributed by atoms with Crippen LogP contribution in [0.5, 0.6) is 0 Å². The van der Waals surface area contributed by atoms with Gasteiger partial charge in [0.05, 0.1) is 5.37 Å². The SMILES string of the molecule is CC(C)NC(C)CCC(N)SCc1ccccc1. The minimum atomic E-state index is 0.238. The fourth-order valence-corrected chi connectivity index (χ4v) is 2.83. The fourth-order valence-electron chi connectivity index (χ4n) is 1.93. The van der Waals surface area contributed by atoms with E-state index in [1.807, 2.05) is 17.8 Å². The third-order valence-electron chi connectivity index (χ3n) is 2.81. The summed E-state index contributed by atoms with van der Waals surface area (Å²) in [7, 11) is 0. The molecule has 0 amide bonds. The smallest absolute Gasteiger partial charge is 0.0511 e. The van der Waals surface area contributed by atoms with E-state index in [2.05, 4.69) is 50.4 Å². The fraction of sp³-hybridized carbons (Fsp3) is 0.600. The predicted octanol–water partition coefficient (Wildman–Crippen LogP) is 3.37. The van der Waals surface area contributed by atoms with Gasteiger partial charge in [-0.05, 0) is 25.3 Å². The average Bonchev–Trinajstić information content (AvgIpc) is 2.34. The summed E-state index contributed by atoms with van der Waals surface area (Å²) in [5.74, 6) is 1.01. The van der Waals surface area contributed by atoms with Crippen LogP contribution in [0.15, 0.2) is 30.3 Å². The lowest BCUT2D eigenvalue weighted by Crippen LogP contribution is -2.33. The van der Waals surface area contributed by atoms with E-state index in [0.717, 1.165) is 18.6 Å². The van der Waals surface area contributed by atoms with Gasteiger partial charge in [0.15, 0.2) is 0 Å². The molecule has 0 aromatic heterocycles. The minimum absolute atomic E-state index is 0.238. The monoisotopic (exact) mass is 266 g/mol. The molecule has 0 spiro atoms. The third-order valence-corrected chi connectivity index (χ3v) is 3.97. The quantitative estimate of drug-likeness (QED) is 0.709. The van der Waals surface area contributed by atoms with Crippen LogP contribution in [0.2, 0.25) is 0 Å². The topological polar surface area (TPSA) is 38.0 Å². The summed E-state index contributed by atoms with van der Waals surface area (Å²) in [5.41, 5.74) is 7.49. The molecule has 1 aromatic rings. The standard InChI is InChI=1S/C15H26N2S/c1-12(2)17-13(3)9-10-15(16)18-11-14-7-5-4-6-8-14/h4-8,12-13,15,17H,9-11,16H2,1-3H3. The van der Waals surface area contributed by atoms with E-state index in [-0.39, 0.29) is 5.37 Å². The first-order chi connectivity index (χ1) is 8.58. The first kappa shape index (κ1) is 15.5. The van der Waals surface area contributed by atoms with Crippen LogP contribution < -0.4 is 11.1 Å². The highest BCUT2D eigenvalue weighted by atomic mass is 32.2. The maximum atomic E-state index is 6.14. The van der Waals surface area contributed by atoms with Crippen molar-refractivity contribution in [3.8, 4) is 0 Å². The Morgan fingerprint density at radius 2 is 1.78 bits per heavy atom. The van der Waals surface area contributed by atoms with Gasteiger partial charge in [-0.2, -0.15) is 0 Å². The minimum Gasteiger partial charge on any atom is -0.319 e. The summed E-state index contributed by atoms with van der Waals surface area (Å²) in [6, 6.07) is 11.6. The Kier molecular flexibility index (Phi) is 7.40. The molecule has 0 aliphatic rings. The zero-order chi connectivity index (χ0) is 13.4. The van der Waals surface area contributed by atoms with Crippen LogP contribution in [-0.2, 0) is 5.75 Å². The van der Waals surface area contributed by atoms with E-state index in [4.69, 9.17) is 5.73 Å². The van der Waals surface area contributed by atoms with Crippen molar-refractivity contribution < 1.29 is 0 Å². The highest BCUT2D eigenvalue weighted by Crippen LogP contribution is 2.18. The van der Waals surface area contributed by atoms with E-state index < -0.39 is 0 Å². The van der Waals surface area contributed by atoms with E-state index in [9.17, 15) is 0 Å². The Morgan fingerprint density at radius 1 is 1.11 bits per heavy atom. The molecule has 1 aromatic carbocycles. The molecule has 0 saturated carbocycles. The van der Waals surface area contributed by atoms with Gasteiger partial charge in [-0.25, -0.2) is 0 Å². The molecule has 2 nitrogen and oxygen atoms in total. The van der Waals surface area contributed by atoms with Crippen LogP contribution in [0.1, 0.15) is 39.2 Å². The lowest BCUT2D eigenvalue weighted by Gasteiger charge is -2.18. The van der Waals surface area contributed by atoms with Gasteiger partial charge in [-0.15, -0.1) is 11.8 Å². The molecule has 1 rings (SSSR count). The molecule has 2 unspecified atom stereocenters. The Bertz CT molecular complexity index is 314. The molecule has 3 N–H and O–H groups in total. The van der Waals surface area contributed by atoms with Crippen LogP contribution in [-0.4, -0.2) is 17.5 Å². The van der Waals surface area contributed by atoms with E-state index >= 15 is 0 Å². The maximum absolute atomic E-state index is 6.14. The second-order valence-corrected chi connectivity index (χ2v) is 6.36. The zero-order valence-electron chi connectivity index (χ0n) is 11.7. The first-order valence-electron chi connectivity index (χ1n) is 6.75. The van der Waals surface area contributed by atoms with Crippen LogP contribution in [0, 0.1) is 0 Å². The van der Waals surface area contributed by atoms with Crippen LogP contribution in [0.3, 0.4) is 0 Å². The van der Waals surface area contributed by atoms with Gasteiger partial charge in [-0.1, -0.05) is 44.2 Å². The third kappa shape index (κ3) is 7.04. The number of nitrogens with two attached hydrogens (primary N) is 1. The highest BCUT2D eigenvalue weighted by molar-refractivity contribution is 7.99. The molecule has 0 aliphatic carbocycles. The number of rotatable bonds is 8. The molecule has 18 heavy (non-hydrogen) atoms. The van der Waals surface area contributed by atoms with Crippen LogP contribution >= 0.6 is 11.8 Å². The Balaban J connectivity index is 2.16. The average molecular weight is 266 g/mol. The first-order valence-corrected chi connectivity index (χ1v) is 7.80. The van der Waals surface area contributed by atoms with E-state index in [1.165, 1.54) is 5.56 Å². The number of hydrogen-bond donors (Lipinski definition) is 2. The molecule has 2 atom stereocenters.